The molecule has 0 saturated heterocycles. The summed E-state index contributed by atoms with van der Waals surface area (Å²) in [5.74, 6) is 2.02. The predicted octanol–water partition coefficient (Wildman–Crippen LogP) is 3.56. The Hall–Kier alpha value is -2.30. The van der Waals surface area contributed by atoms with Crippen LogP contribution in [0, 0.1) is 6.92 Å². The van der Waals surface area contributed by atoms with Gasteiger partial charge in [0.1, 0.15) is 23.4 Å². The van der Waals surface area contributed by atoms with Crippen LogP contribution in [0.3, 0.4) is 0 Å². The summed E-state index contributed by atoms with van der Waals surface area (Å²) in [5, 5.41) is 7.76. The van der Waals surface area contributed by atoms with Crippen molar-refractivity contribution >= 4 is 21.4 Å². The van der Waals surface area contributed by atoms with Gasteiger partial charge in [-0.05, 0) is 39.8 Å². The van der Waals surface area contributed by atoms with Gasteiger partial charge in [-0.25, -0.2) is 18.4 Å². The van der Waals surface area contributed by atoms with Gasteiger partial charge in [0.2, 0.25) is 0 Å². The molecular weight excluding hydrogens is 430 g/mol. The minimum atomic E-state index is -3.69. The molecule has 3 aromatic heterocycles. The molecule has 11 heteroatoms. The van der Waals surface area contributed by atoms with Crippen molar-refractivity contribution in [2.45, 2.75) is 50.8 Å². The summed E-state index contributed by atoms with van der Waals surface area (Å²) in [4.78, 5) is 8.21. The summed E-state index contributed by atoms with van der Waals surface area (Å²) in [7, 11) is -2.28. The molecule has 2 atom stereocenters. The van der Waals surface area contributed by atoms with Crippen molar-refractivity contribution in [3.8, 4) is 11.6 Å². The highest BCUT2D eigenvalue weighted by molar-refractivity contribution is 7.91. The summed E-state index contributed by atoms with van der Waals surface area (Å²) >= 11 is 5.83. The van der Waals surface area contributed by atoms with Crippen LogP contribution in [-0.2, 0) is 20.3 Å². The van der Waals surface area contributed by atoms with E-state index >= 15 is 0 Å². The molecule has 0 N–H and O–H groups in total. The Morgan fingerprint density at radius 2 is 1.83 bits per heavy atom. The van der Waals surface area contributed by atoms with Gasteiger partial charge >= 0.3 is 0 Å². The molecular formula is C19H24ClN5O4S. The molecule has 9 nitrogen and oxygen atoms in total. The van der Waals surface area contributed by atoms with E-state index in [9.17, 15) is 8.42 Å². The molecule has 0 aliphatic carbocycles. The molecule has 0 spiro atoms. The number of methoxy groups -OCH3 is 1. The number of halogens is 1. The smallest absolute Gasteiger partial charge is 0.200 e. The minimum absolute atomic E-state index is 0.0706. The van der Waals surface area contributed by atoms with Crippen LogP contribution in [0.5, 0.6) is 0 Å². The molecule has 30 heavy (non-hydrogen) atoms. The van der Waals surface area contributed by atoms with Crippen LogP contribution in [0.1, 0.15) is 50.3 Å². The summed E-state index contributed by atoms with van der Waals surface area (Å²) < 4.78 is 39.2. The zero-order valence-electron chi connectivity index (χ0n) is 17.4. The van der Waals surface area contributed by atoms with Gasteiger partial charge in [0.25, 0.3) is 0 Å². The van der Waals surface area contributed by atoms with Crippen LogP contribution in [0.15, 0.2) is 28.9 Å². The standard InChI is InChI=1S/C19H24ClN5O4S/c1-11(2)25-16(23-24-19(25)15-7-6-12(3)29-15)10-30(26,27)13(4)17(28-5)18-21-8-14(20)9-22-18/h6-9,11,13,17H,10H2,1-5H3/t13-,17-/m0/s1. The Balaban J connectivity index is 1.92. The Morgan fingerprint density at radius 3 is 2.37 bits per heavy atom. The normalized spacial score (nSPS) is 14.2. The van der Waals surface area contributed by atoms with Gasteiger partial charge in [-0.1, -0.05) is 11.6 Å². The molecule has 0 aromatic carbocycles. The first-order chi connectivity index (χ1) is 14.1. The highest BCUT2D eigenvalue weighted by atomic mass is 35.5. The molecule has 0 bridgehead atoms. The van der Waals surface area contributed by atoms with E-state index in [1.807, 2.05) is 26.8 Å². The highest BCUT2D eigenvalue weighted by Gasteiger charge is 2.34. The van der Waals surface area contributed by atoms with Crippen LogP contribution < -0.4 is 0 Å². The van der Waals surface area contributed by atoms with E-state index in [1.54, 1.807) is 17.6 Å². The molecule has 0 amide bonds. The summed E-state index contributed by atoms with van der Waals surface area (Å²) in [5.41, 5.74) is 0. The number of ether oxygens (including phenoxy) is 1. The van der Waals surface area contributed by atoms with Gasteiger partial charge in [-0.3, -0.25) is 0 Å². The predicted molar refractivity (Wildman–Crippen MR) is 112 cm³/mol. The number of hydrogen-bond acceptors (Lipinski definition) is 8. The maximum atomic E-state index is 13.2. The summed E-state index contributed by atoms with van der Waals surface area (Å²) in [6, 6.07) is 3.54. The van der Waals surface area contributed by atoms with Crippen molar-refractivity contribution in [3.05, 3.63) is 47.0 Å². The molecule has 0 unspecified atom stereocenters. The lowest BCUT2D eigenvalue weighted by molar-refractivity contribution is 0.0948. The van der Waals surface area contributed by atoms with Crippen molar-refractivity contribution < 1.29 is 17.6 Å². The van der Waals surface area contributed by atoms with E-state index < -0.39 is 21.2 Å². The van der Waals surface area contributed by atoms with E-state index in [0.29, 0.717) is 22.4 Å². The van der Waals surface area contributed by atoms with E-state index in [4.69, 9.17) is 20.8 Å². The van der Waals surface area contributed by atoms with Crippen molar-refractivity contribution in [1.29, 1.82) is 0 Å². The van der Waals surface area contributed by atoms with Crippen LogP contribution in [0.4, 0.5) is 0 Å². The van der Waals surface area contributed by atoms with Gasteiger partial charge in [0.05, 0.1) is 10.3 Å². The second kappa shape index (κ2) is 8.83. The van der Waals surface area contributed by atoms with Crippen LogP contribution >= 0.6 is 11.6 Å². The number of hydrogen-bond donors (Lipinski definition) is 0. The molecule has 0 aliphatic heterocycles. The first kappa shape index (κ1) is 22.4. The van der Waals surface area contributed by atoms with Crippen LogP contribution in [-0.4, -0.2) is 45.5 Å². The van der Waals surface area contributed by atoms with Crippen LogP contribution in [0.25, 0.3) is 11.6 Å². The number of sulfone groups is 1. The van der Waals surface area contributed by atoms with Gasteiger partial charge in [-0.15, -0.1) is 10.2 Å². The Labute approximate surface area is 180 Å². The lowest BCUT2D eigenvalue weighted by atomic mass is 10.2. The van der Waals surface area contributed by atoms with Gasteiger partial charge in [0, 0.05) is 25.5 Å². The van der Waals surface area contributed by atoms with Gasteiger partial charge in [0.15, 0.2) is 27.2 Å². The van der Waals surface area contributed by atoms with Crippen molar-refractivity contribution in [3.63, 3.8) is 0 Å². The maximum Gasteiger partial charge on any atom is 0.200 e. The largest absolute Gasteiger partial charge is 0.458 e. The minimum Gasteiger partial charge on any atom is -0.458 e. The summed E-state index contributed by atoms with van der Waals surface area (Å²) in [6.45, 7) is 7.26. The van der Waals surface area contributed by atoms with Crippen LogP contribution in [0.2, 0.25) is 5.02 Å². The zero-order valence-corrected chi connectivity index (χ0v) is 19.0. The third-order valence-electron chi connectivity index (χ3n) is 4.72. The first-order valence-corrected chi connectivity index (χ1v) is 11.5. The lowest BCUT2D eigenvalue weighted by Gasteiger charge is -2.22. The Morgan fingerprint density at radius 1 is 1.17 bits per heavy atom. The molecule has 0 saturated carbocycles. The molecule has 3 heterocycles. The zero-order chi connectivity index (χ0) is 22.1. The lowest BCUT2D eigenvalue weighted by Crippen LogP contribution is -2.30. The topological polar surface area (TPSA) is 113 Å². The van der Waals surface area contributed by atoms with E-state index in [1.165, 1.54) is 19.5 Å². The average molecular weight is 454 g/mol. The second-order valence-corrected chi connectivity index (χ2v) is 10.0. The number of nitrogens with zero attached hydrogens (tertiary/aromatic N) is 5. The maximum absolute atomic E-state index is 13.2. The molecule has 162 valence electrons. The van der Waals surface area contributed by atoms with E-state index in [-0.39, 0.29) is 17.6 Å². The fourth-order valence-electron chi connectivity index (χ4n) is 3.16. The third kappa shape index (κ3) is 4.55. The monoisotopic (exact) mass is 453 g/mol. The molecule has 0 fully saturated rings. The molecule has 0 aliphatic rings. The Bertz CT molecular complexity index is 1110. The average Bonchev–Trinajstić information content (AvgIpc) is 3.29. The Kier molecular flexibility index (Phi) is 6.59. The summed E-state index contributed by atoms with van der Waals surface area (Å²) in [6.07, 6.45) is 1.96. The van der Waals surface area contributed by atoms with Crippen molar-refractivity contribution in [2.24, 2.45) is 0 Å². The number of aryl methyl sites for hydroxylation is 1. The number of furan rings is 1. The number of rotatable bonds is 8. The fraction of sp³-hybridized carbons (Fsp3) is 0.474. The first-order valence-electron chi connectivity index (χ1n) is 9.36. The second-order valence-electron chi connectivity index (χ2n) is 7.24. The van der Waals surface area contributed by atoms with Gasteiger partial charge in [-0.2, -0.15) is 0 Å². The molecule has 0 radical (unpaired) electrons. The van der Waals surface area contributed by atoms with Gasteiger partial charge < -0.3 is 13.7 Å². The number of aromatic nitrogens is 5. The van der Waals surface area contributed by atoms with E-state index in [2.05, 4.69) is 20.2 Å². The SMILES string of the molecule is CO[C@H](c1ncc(Cl)cn1)[C@H](C)S(=O)(=O)Cc1nnc(-c2ccc(C)o2)n1C(C)C. The third-order valence-corrected chi connectivity index (χ3v) is 6.95. The highest BCUT2D eigenvalue weighted by Crippen LogP contribution is 2.28. The van der Waals surface area contributed by atoms with E-state index in [0.717, 1.165) is 5.76 Å². The van der Waals surface area contributed by atoms with Crippen molar-refractivity contribution in [2.75, 3.05) is 7.11 Å². The quantitative estimate of drug-likeness (QED) is 0.508. The molecule has 3 rings (SSSR count). The molecule has 3 aromatic rings. The fourth-order valence-corrected chi connectivity index (χ4v) is 4.69. The van der Waals surface area contributed by atoms with Crippen molar-refractivity contribution in [1.82, 2.24) is 24.7 Å².